The first-order chi connectivity index (χ1) is 8.63. The van der Waals surface area contributed by atoms with Crippen LogP contribution in [0.5, 0.6) is 0 Å². The zero-order valence-electron chi connectivity index (χ0n) is 10.4. The Labute approximate surface area is 121 Å². The maximum absolute atomic E-state index is 12.3. The van der Waals surface area contributed by atoms with Gasteiger partial charge in [0, 0.05) is 22.0 Å². The van der Waals surface area contributed by atoms with Gasteiger partial charge in [-0.15, -0.1) is 11.6 Å². The number of carbonyl (C=O) groups is 1. The zero-order valence-corrected chi connectivity index (χ0v) is 12.7. The van der Waals surface area contributed by atoms with E-state index in [0.29, 0.717) is 11.8 Å². The van der Waals surface area contributed by atoms with Crippen molar-refractivity contribution in [3.8, 4) is 0 Å². The molecule has 2 nitrogen and oxygen atoms in total. The van der Waals surface area contributed by atoms with Crippen LogP contribution in [0.2, 0.25) is 0 Å². The first-order valence-corrected chi connectivity index (χ1v) is 7.58. The molecule has 2 atom stereocenters. The summed E-state index contributed by atoms with van der Waals surface area (Å²) >= 11 is 9.38. The van der Waals surface area contributed by atoms with Gasteiger partial charge in [-0.05, 0) is 43.4 Å². The molecule has 0 spiro atoms. The molecule has 0 aromatic heterocycles. The van der Waals surface area contributed by atoms with E-state index in [-0.39, 0.29) is 11.9 Å². The number of halogens is 2. The first-order valence-electron chi connectivity index (χ1n) is 6.25. The highest BCUT2D eigenvalue weighted by Crippen LogP contribution is 2.27. The molecule has 1 saturated carbocycles. The Bertz CT molecular complexity index is 449. The van der Waals surface area contributed by atoms with Gasteiger partial charge in [0.05, 0.1) is 0 Å². The molecular formula is C14H17BrClNO. The van der Waals surface area contributed by atoms with Gasteiger partial charge < -0.3 is 5.32 Å². The normalized spacial score (nSPS) is 23.1. The Balaban J connectivity index is 2.10. The van der Waals surface area contributed by atoms with Crippen molar-refractivity contribution in [1.29, 1.82) is 0 Å². The number of alkyl halides is 1. The number of nitrogens with one attached hydrogen (secondary N) is 1. The fourth-order valence-corrected chi connectivity index (χ4v) is 3.25. The van der Waals surface area contributed by atoms with Gasteiger partial charge in [-0.3, -0.25) is 4.79 Å². The average molecular weight is 331 g/mol. The monoisotopic (exact) mass is 329 g/mol. The molecule has 0 aliphatic heterocycles. The summed E-state index contributed by atoms with van der Waals surface area (Å²) in [5.74, 6) is 1.06. The Morgan fingerprint density at radius 2 is 2.28 bits per heavy atom. The number of hydrogen-bond acceptors (Lipinski definition) is 1. The highest BCUT2D eigenvalue weighted by Gasteiger charge is 2.28. The minimum absolute atomic E-state index is 0.0100. The Morgan fingerprint density at radius 1 is 1.50 bits per heavy atom. The van der Waals surface area contributed by atoms with Crippen LogP contribution in [0.15, 0.2) is 22.7 Å². The van der Waals surface area contributed by atoms with Crippen LogP contribution < -0.4 is 5.32 Å². The molecule has 18 heavy (non-hydrogen) atoms. The third kappa shape index (κ3) is 2.89. The second kappa shape index (κ2) is 6.07. The van der Waals surface area contributed by atoms with Crippen LogP contribution in [0, 0.1) is 12.8 Å². The topological polar surface area (TPSA) is 29.1 Å². The van der Waals surface area contributed by atoms with Crippen molar-refractivity contribution in [3.63, 3.8) is 0 Å². The summed E-state index contributed by atoms with van der Waals surface area (Å²) in [6, 6.07) is 5.93. The van der Waals surface area contributed by atoms with Gasteiger partial charge in [0.1, 0.15) is 0 Å². The highest BCUT2D eigenvalue weighted by molar-refractivity contribution is 9.10. The number of amides is 1. The summed E-state index contributed by atoms with van der Waals surface area (Å²) in [7, 11) is 0. The quantitative estimate of drug-likeness (QED) is 0.837. The molecule has 1 fully saturated rings. The Morgan fingerprint density at radius 3 is 3.00 bits per heavy atom. The van der Waals surface area contributed by atoms with Crippen LogP contribution in [0.1, 0.15) is 35.2 Å². The maximum Gasteiger partial charge on any atom is 0.251 e. The lowest BCUT2D eigenvalue weighted by Crippen LogP contribution is -2.38. The molecule has 98 valence electrons. The van der Waals surface area contributed by atoms with Gasteiger partial charge >= 0.3 is 0 Å². The van der Waals surface area contributed by atoms with E-state index in [1.165, 1.54) is 0 Å². The predicted octanol–water partition coefficient (Wildman–Crippen LogP) is 3.89. The number of carbonyl (C=O) groups excluding carboxylic acids is 1. The molecule has 1 aromatic rings. The minimum atomic E-state index is 0.0100. The fourth-order valence-electron chi connectivity index (χ4n) is 2.51. The van der Waals surface area contributed by atoms with Crippen molar-refractivity contribution < 1.29 is 4.79 Å². The Hall–Kier alpha value is -0.540. The van der Waals surface area contributed by atoms with E-state index in [9.17, 15) is 4.79 Å². The molecule has 1 aliphatic carbocycles. The summed E-state index contributed by atoms with van der Waals surface area (Å²) in [5.41, 5.74) is 1.72. The van der Waals surface area contributed by atoms with Crippen molar-refractivity contribution in [2.24, 2.45) is 5.92 Å². The van der Waals surface area contributed by atoms with E-state index in [1.807, 2.05) is 25.1 Å². The largest absolute Gasteiger partial charge is 0.349 e. The molecule has 0 radical (unpaired) electrons. The van der Waals surface area contributed by atoms with Crippen LogP contribution in [0.4, 0.5) is 0 Å². The van der Waals surface area contributed by atoms with Gasteiger partial charge in [0.2, 0.25) is 0 Å². The highest BCUT2D eigenvalue weighted by atomic mass is 79.9. The first kappa shape index (κ1) is 13.9. The summed E-state index contributed by atoms with van der Waals surface area (Å²) in [6.07, 6.45) is 3.31. The fraction of sp³-hybridized carbons (Fsp3) is 0.500. The Kier molecular flexibility index (Phi) is 4.68. The van der Waals surface area contributed by atoms with Gasteiger partial charge in [-0.1, -0.05) is 28.4 Å². The van der Waals surface area contributed by atoms with Crippen LogP contribution in [-0.2, 0) is 0 Å². The number of rotatable bonds is 3. The third-order valence-corrected chi connectivity index (χ3v) is 4.94. The molecule has 2 unspecified atom stereocenters. The minimum Gasteiger partial charge on any atom is -0.349 e. The van der Waals surface area contributed by atoms with E-state index in [1.54, 1.807) is 0 Å². The summed E-state index contributed by atoms with van der Waals surface area (Å²) in [5, 5.41) is 3.12. The molecule has 0 heterocycles. The number of hydrogen-bond donors (Lipinski definition) is 1. The summed E-state index contributed by atoms with van der Waals surface area (Å²) < 4.78 is 0.968. The standard InChI is InChI=1S/C14H17BrClNO/c1-9-11(5-3-6-12(9)15)14(18)17-13-7-2-4-10(13)8-16/h3,5-6,10,13H,2,4,7-8H2,1H3,(H,17,18). The molecular weight excluding hydrogens is 314 g/mol. The van der Waals surface area contributed by atoms with E-state index < -0.39 is 0 Å². The third-order valence-electron chi connectivity index (χ3n) is 3.69. The van der Waals surface area contributed by atoms with E-state index in [2.05, 4.69) is 21.2 Å². The molecule has 0 saturated heterocycles. The second-order valence-electron chi connectivity index (χ2n) is 4.84. The van der Waals surface area contributed by atoms with E-state index in [4.69, 9.17) is 11.6 Å². The molecule has 1 N–H and O–H groups in total. The van der Waals surface area contributed by atoms with Gasteiger partial charge in [0.25, 0.3) is 5.91 Å². The lowest BCUT2D eigenvalue weighted by atomic mass is 10.0. The average Bonchev–Trinajstić information content (AvgIpc) is 2.79. The molecule has 1 aromatic carbocycles. The maximum atomic E-state index is 12.3. The molecule has 1 aliphatic rings. The van der Waals surface area contributed by atoms with Crippen LogP contribution in [-0.4, -0.2) is 17.8 Å². The summed E-state index contributed by atoms with van der Waals surface area (Å²) in [4.78, 5) is 12.3. The smallest absolute Gasteiger partial charge is 0.251 e. The number of benzene rings is 1. The lowest BCUT2D eigenvalue weighted by Gasteiger charge is -2.19. The van der Waals surface area contributed by atoms with Crippen LogP contribution in [0.25, 0.3) is 0 Å². The van der Waals surface area contributed by atoms with Crippen molar-refractivity contribution in [1.82, 2.24) is 5.32 Å². The summed E-state index contributed by atoms with van der Waals surface area (Å²) in [6.45, 7) is 1.95. The van der Waals surface area contributed by atoms with E-state index >= 15 is 0 Å². The molecule has 2 rings (SSSR count). The molecule has 4 heteroatoms. The van der Waals surface area contributed by atoms with Crippen molar-refractivity contribution in [2.45, 2.75) is 32.2 Å². The van der Waals surface area contributed by atoms with Crippen molar-refractivity contribution in [3.05, 3.63) is 33.8 Å². The van der Waals surface area contributed by atoms with Gasteiger partial charge in [-0.2, -0.15) is 0 Å². The van der Waals surface area contributed by atoms with Crippen molar-refractivity contribution in [2.75, 3.05) is 5.88 Å². The van der Waals surface area contributed by atoms with E-state index in [0.717, 1.165) is 34.9 Å². The molecule has 1 amide bonds. The zero-order chi connectivity index (χ0) is 13.1. The lowest BCUT2D eigenvalue weighted by molar-refractivity contribution is 0.0929. The van der Waals surface area contributed by atoms with Crippen LogP contribution >= 0.6 is 27.5 Å². The predicted molar refractivity (Wildman–Crippen MR) is 78.2 cm³/mol. The SMILES string of the molecule is Cc1c(Br)cccc1C(=O)NC1CCCC1CCl. The van der Waals surface area contributed by atoms with Gasteiger partial charge in [-0.25, -0.2) is 0 Å². The van der Waals surface area contributed by atoms with Gasteiger partial charge in [0.15, 0.2) is 0 Å². The van der Waals surface area contributed by atoms with Crippen LogP contribution in [0.3, 0.4) is 0 Å². The van der Waals surface area contributed by atoms with Crippen molar-refractivity contribution >= 4 is 33.4 Å². The molecule has 0 bridgehead atoms. The second-order valence-corrected chi connectivity index (χ2v) is 6.00.